The van der Waals surface area contributed by atoms with Crippen molar-refractivity contribution in [3.05, 3.63) is 41.5 Å². The fourth-order valence-corrected chi connectivity index (χ4v) is 2.63. The molecule has 0 unspecified atom stereocenters. The summed E-state index contributed by atoms with van der Waals surface area (Å²) in [6.07, 6.45) is 8.00. The molecule has 26 heavy (non-hydrogen) atoms. The lowest BCUT2D eigenvalue weighted by atomic mass is 10.1. The van der Waals surface area contributed by atoms with Gasteiger partial charge in [0, 0.05) is 19.2 Å². The maximum Gasteiger partial charge on any atom is 0.328 e. The normalized spacial score (nSPS) is 16.2. The summed E-state index contributed by atoms with van der Waals surface area (Å²) in [5, 5.41) is 8.50. The summed E-state index contributed by atoms with van der Waals surface area (Å²) < 4.78 is 10.5. The molecule has 0 radical (unpaired) electrons. The van der Waals surface area contributed by atoms with E-state index in [9.17, 15) is 9.59 Å². The Balaban J connectivity index is 0.000000228. The van der Waals surface area contributed by atoms with Gasteiger partial charge in [0.2, 0.25) is 6.79 Å². The Morgan fingerprint density at radius 1 is 1.12 bits per heavy atom. The van der Waals surface area contributed by atoms with Crippen LogP contribution in [0.15, 0.2) is 35.9 Å². The molecule has 7 nitrogen and oxygen atoms in total. The van der Waals surface area contributed by atoms with Gasteiger partial charge in [-0.2, -0.15) is 0 Å². The molecule has 1 aromatic carbocycles. The van der Waals surface area contributed by atoms with Gasteiger partial charge in [-0.15, -0.1) is 0 Å². The number of fused-ring (bicyclic) bond motifs is 1. The second kappa shape index (κ2) is 9.50. The summed E-state index contributed by atoms with van der Waals surface area (Å²) in [7, 11) is 0. The molecular weight excluding hydrogens is 336 g/mol. The van der Waals surface area contributed by atoms with E-state index in [-0.39, 0.29) is 12.8 Å². The molecule has 2 aliphatic rings. The van der Waals surface area contributed by atoms with Crippen molar-refractivity contribution in [1.82, 2.24) is 4.90 Å². The highest BCUT2D eigenvalue weighted by Crippen LogP contribution is 2.33. The van der Waals surface area contributed by atoms with E-state index in [0.29, 0.717) is 5.75 Å². The van der Waals surface area contributed by atoms with Gasteiger partial charge in [0.1, 0.15) is 0 Å². The smallest absolute Gasteiger partial charge is 0.328 e. The highest BCUT2D eigenvalue weighted by atomic mass is 16.7. The Morgan fingerprint density at radius 3 is 2.42 bits per heavy atom. The monoisotopic (exact) mass is 360 g/mol. The molecule has 0 aliphatic carbocycles. The maximum atomic E-state index is 10.5. The number of hydrogen-bond acceptors (Lipinski definition) is 4. The van der Waals surface area contributed by atoms with Crippen LogP contribution < -0.4 is 15.2 Å². The number of carboxylic acids is 1. The predicted molar refractivity (Wildman–Crippen MR) is 98.0 cm³/mol. The topological polar surface area (TPSA) is 102 Å². The maximum absolute atomic E-state index is 10.5. The van der Waals surface area contributed by atoms with Crippen molar-refractivity contribution in [3.8, 4) is 11.5 Å². The number of amides is 2. The van der Waals surface area contributed by atoms with Gasteiger partial charge in [-0.1, -0.05) is 23.8 Å². The van der Waals surface area contributed by atoms with Gasteiger partial charge in [-0.05, 0) is 43.9 Å². The molecule has 2 amide bonds. The number of carboxylic acid groups (broad SMARTS) is 1. The molecule has 0 aromatic heterocycles. The molecule has 0 spiro atoms. The van der Waals surface area contributed by atoms with Crippen molar-refractivity contribution in [2.45, 2.75) is 26.2 Å². The van der Waals surface area contributed by atoms with E-state index < -0.39 is 5.97 Å². The van der Waals surface area contributed by atoms with Crippen molar-refractivity contribution in [2.24, 2.45) is 5.73 Å². The number of carbonyl (C=O) groups is 2. The van der Waals surface area contributed by atoms with Crippen molar-refractivity contribution in [1.29, 1.82) is 0 Å². The number of primary amides is 1. The molecule has 3 rings (SSSR count). The number of hydrogen-bond donors (Lipinski definition) is 2. The molecule has 0 atom stereocenters. The van der Waals surface area contributed by atoms with E-state index in [0.717, 1.165) is 48.9 Å². The first-order valence-electron chi connectivity index (χ1n) is 8.49. The number of likely N-dealkylation sites (tertiary alicyclic amines) is 1. The summed E-state index contributed by atoms with van der Waals surface area (Å²) in [6.45, 7) is 3.80. The fraction of sp³-hybridized carbons (Fsp3) is 0.368. The van der Waals surface area contributed by atoms with Crippen LogP contribution in [0, 0.1) is 0 Å². The van der Waals surface area contributed by atoms with E-state index in [2.05, 4.69) is 0 Å². The van der Waals surface area contributed by atoms with E-state index >= 15 is 0 Å². The van der Waals surface area contributed by atoms with Crippen LogP contribution >= 0.6 is 0 Å². The minimum Gasteiger partial charge on any atom is -0.478 e. The number of nitrogens with zero attached hydrogens (tertiary/aromatic N) is 1. The first-order chi connectivity index (χ1) is 12.5. The van der Waals surface area contributed by atoms with Crippen molar-refractivity contribution in [2.75, 3.05) is 19.9 Å². The molecule has 7 heteroatoms. The average molecular weight is 360 g/mol. The van der Waals surface area contributed by atoms with Crippen LogP contribution in [-0.4, -0.2) is 41.9 Å². The lowest BCUT2D eigenvalue weighted by molar-refractivity contribution is -0.131. The largest absolute Gasteiger partial charge is 0.478 e. The van der Waals surface area contributed by atoms with Gasteiger partial charge < -0.3 is 25.2 Å². The van der Waals surface area contributed by atoms with Gasteiger partial charge in [-0.25, -0.2) is 9.59 Å². The zero-order chi connectivity index (χ0) is 18.9. The number of benzene rings is 1. The third-order valence-corrected chi connectivity index (χ3v) is 3.95. The zero-order valence-corrected chi connectivity index (χ0v) is 14.8. The summed E-state index contributed by atoms with van der Waals surface area (Å²) >= 11 is 0. The minimum atomic E-state index is -0.955. The van der Waals surface area contributed by atoms with Gasteiger partial charge >= 0.3 is 12.0 Å². The number of urea groups is 1. The molecule has 2 heterocycles. The Kier molecular flexibility index (Phi) is 7.08. The van der Waals surface area contributed by atoms with Crippen LogP contribution in [0.3, 0.4) is 0 Å². The Morgan fingerprint density at radius 2 is 1.81 bits per heavy atom. The van der Waals surface area contributed by atoms with Crippen LogP contribution in [-0.2, 0) is 4.79 Å². The van der Waals surface area contributed by atoms with E-state index in [1.807, 2.05) is 31.2 Å². The predicted octanol–water partition coefficient (Wildman–Crippen LogP) is 3.01. The molecule has 1 saturated heterocycles. The third-order valence-electron chi connectivity index (χ3n) is 3.95. The van der Waals surface area contributed by atoms with Gasteiger partial charge in [0.15, 0.2) is 11.5 Å². The minimum absolute atomic E-state index is 0.250. The second-order valence-corrected chi connectivity index (χ2v) is 6.06. The van der Waals surface area contributed by atoms with E-state index in [1.54, 1.807) is 11.0 Å². The number of ether oxygens (including phenoxy) is 2. The summed E-state index contributed by atoms with van der Waals surface area (Å²) in [6, 6.07) is 5.32. The summed E-state index contributed by atoms with van der Waals surface area (Å²) in [4.78, 5) is 22.6. The van der Waals surface area contributed by atoms with Gasteiger partial charge in [0.25, 0.3) is 0 Å². The molecule has 1 fully saturated rings. The lowest BCUT2D eigenvalue weighted by Gasteiger charge is -2.24. The number of carbonyl (C=O) groups excluding carboxylic acids is 1. The van der Waals surface area contributed by atoms with Gasteiger partial charge in [0.05, 0.1) is 0 Å². The highest BCUT2D eigenvalue weighted by Gasteiger charge is 2.12. The summed E-state index contributed by atoms with van der Waals surface area (Å²) in [5.41, 5.74) is 6.85. The first kappa shape index (κ1) is 19.4. The number of nitrogens with two attached hydrogens (primary N) is 1. The van der Waals surface area contributed by atoms with E-state index in [1.165, 1.54) is 6.42 Å². The van der Waals surface area contributed by atoms with Crippen LogP contribution in [0.2, 0.25) is 0 Å². The van der Waals surface area contributed by atoms with Crippen LogP contribution in [0.5, 0.6) is 11.5 Å². The number of rotatable bonds is 3. The Labute approximate surface area is 152 Å². The quantitative estimate of drug-likeness (QED) is 0.637. The molecule has 3 N–H and O–H groups in total. The van der Waals surface area contributed by atoms with Gasteiger partial charge in [-0.3, -0.25) is 0 Å². The number of piperidine rings is 1. The van der Waals surface area contributed by atoms with Crippen LogP contribution in [0.4, 0.5) is 4.79 Å². The number of aliphatic carboxylic acids is 1. The second-order valence-electron chi connectivity index (χ2n) is 6.06. The first-order valence-corrected chi connectivity index (χ1v) is 8.49. The Bertz CT molecular complexity index is 706. The third kappa shape index (κ3) is 6.16. The van der Waals surface area contributed by atoms with Crippen molar-refractivity contribution >= 4 is 18.1 Å². The Hall–Kier alpha value is -2.96. The van der Waals surface area contributed by atoms with Crippen molar-refractivity contribution in [3.63, 3.8) is 0 Å². The molecule has 0 saturated carbocycles. The van der Waals surface area contributed by atoms with Crippen LogP contribution in [0.25, 0.3) is 6.08 Å². The highest BCUT2D eigenvalue weighted by molar-refractivity contribution is 5.80. The molecule has 140 valence electrons. The molecular formula is C19H24N2O5. The summed E-state index contributed by atoms with van der Waals surface area (Å²) in [5.74, 6) is 0.498. The molecule has 1 aromatic rings. The fourth-order valence-electron chi connectivity index (χ4n) is 2.63. The average Bonchev–Trinajstić information content (AvgIpc) is 3.09. The standard InChI is InChI=1S/C13H12O4.C6H12N2O/c1-9(2-5-13(14)15)6-10-3-4-11-12(7-10)17-8-16-11;7-6(9)8-4-2-1-3-5-8/h2-7H,8H2,1H3,(H,14,15);1-5H2,(H2,7,9)/b5-2+,9-6+;. The van der Waals surface area contributed by atoms with Crippen LogP contribution in [0.1, 0.15) is 31.7 Å². The number of allylic oxidation sites excluding steroid dienone is 2. The zero-order valence-electron chi connectivity index (χ0n) is 14.8. The molecule has 0 bridgehead atoms. The van der Waals surface area contributed by atoms with E-state index in [4.69, 9.17) is 20.3 Å². The molecule has 2 aliphatic heterocycles. The van der Waals surface area contributed by atoms with Crippen molar-refractivity contribution < 1.29 is 24.2 Å². The SMILES string of the molecule is CC(/C=C/C(=O)O)=C\c1ccc2c(c1)OCO2.NC(=O)N1CCCCC1. The lowest BCUT2D eigenvalue weighted by Crippen LogP contribution is -2.39.